The Hall–Kier alpha value is -0.610. The Kier molecular flexibility index (Phi) is 4.90. The monoisotopic (exact) mass is 201 g/mol. The normalized spacial score (nSPS) is 17.9. The molecule has 1 fully saturated rings. The minimum Gasteiger partial charge on any atom is -0.465 e. The van der Waals surface area contributed by atoms with Gasteiger partial charge in [-0.2, -0.15) is 0 Å². The lowest BCUT2D eigenvalue weighted by atomic mass is 10.3. The molecule has 82 valence electrons. The van der Waals surface area contributed by atoms with Crippen LogP contribution in [0.15, 0.2) is 0 Å². The van der Waals surface area contributed by atoms with Crippen LogP contribution in [0.25, 0.3) is 0 Å². The van der Waals surface area contributed by atoms with Crippen LogP contribution in [0.2, 0.25) is 0 Å². The van der Waals surface area contributed by atoms with E-state index in [9.17, 15) is 4.79 Å². The number of hydrogen-bond acceptors (Lipinski definition) is 4. The van der Waals surface area contributed by atoms with Crippen LogP contribution in [0.1, 0.15) is 26.7 Å². The van der Waals surface area contributed by atoms with Crippen molar-refractivity contribution in [2.45, 2.75) is 38.8 Å². The first-order valence-corrected chi connectivity index (χ1v) is 5.28. The maximum atomic E-state index is 11.4. The molecule has 1 rings (SSSR count). The quantitative estimate of drug-likeness (QED) is 0.616. The molecule has 0 radical (unpaired) electrons. The van der Waals surface area contributed by atoms with Crippen LogP contribution in [0.5, 0.6) is 0 Å². The molecule has 1 saturated carbocycles. The van der Waals surface area contributed by atoms with E-state index in [1.54, 1.807) is 0 Å². The van der Waals surface area contributed by atoms with E-state index in [2.05, 4.69) is 5.32 Å². The lowest BCUT2D eigenvalue weighted by molar-refractivity contribution is -0.147. The molecule has 0 aromatic rings. The van der Waals surface area contributed by atoms with Gasteiger partial charge in [0.05, 0.1) is 13.2 Å². The molecule has 0 aromatic carbocycles. The Morgan fingerprint density at radius 1 is 1.43 bits per heavy atom. The smallest absolute Gasteiger partial charge is 0.325 e. The van der Waals surface area contributed by atoms with Crippen molar-refractivity contribution >= 4 is 5.97 Å². The van der Waals surface area contributed by atoms with Gasteiger partial charge in [-0.3, -0.25) is 10.1 Å². The summed E-state index contributed by atoms with van der Waals surface area (Å²) in [7, 11) is 0. The summed E-state index contributed by atoms with van der Waals surface area (Å²) in [6.45, 7) is 5.19. The van der Waals surface area contributed by atoms with E-state index in [0.717, 1.165) is 12.8 Å². The highest BCUT2D eigenvalue weighted by Crippen LogP contribution is 2.19. The van der Waals surface area contributed by atoms with Crippen molar-refractivity contribution < 1.29 is 14.3 Å². The Balaban J connectivity index is 2.29. The molecule has 0 aromatic heterocycles. The zero-order valence-corrected chi connectivity index (χ0v) is 8.91. The molecule has 0 saturated heterocycles. The largest absolute Gasteiger partial charge is 0.465 e. The van der Waals surface area contributed by atoms with Crippen LogP contribution in [-0.4, -0.2) is 37.9 Å². The number of carbonyl (C=O) groups is 1. The van der Waals surface area contributed by atoms with E-state index >= 15 is 0 Å². The number of hydrogen-bond donors (Lipinski definition) is 1. The first kappa shape index (κ1) is 11.5. The minimum absolute atomic E-state index is 0.201. The highest BCUT2D eigenvalue weighted by molar-refractivity contribution is 5.76. The molecule has 0 aliphatic heterocycles. The van der Waals surface area contributed by atoms with Gasteiger partial charge in [0.2, 0.25) is 0 Å². The summed E-state index contributed by atoms with van der Waals surface area (Å²) in [4.78, 5) is 11.4. The van der Waals surface area contributed by atoms with E-state index in [0.29, 0.717) is 25.9 Å². The zero-order chi connectivity index (χ0) is 10.4. The van der Waals surface area contributed by atoms with Gasteiger partial charge < -0.3 is 9.47 Å². The minimum atomic E-state index is -0.289. The summed E-state index contributed by atoms with van der Waals surface area (Å²) in [6.07, 6.45) is 2.31. The predicted molar refractivity (Wildman–Crippen MR) is 53.1 cm³/mol. The van der Waals surface area contributed by atoms with E-state index in [4.69, 9.17) is 9.47 Å². The van der Waals surface area contributed by atoms with Gasteiger partial charge in [-0.25, -0.2) is 0 Å². The summed E-state index contributed by atoms with van der Waals surface area (Å²) in [5.41, 5.74) is 0. The Morgan fingerprint density at radius 3 is 2.64 bits per heavy atom. The van der Waals surface area contributed by atoms with Crippen molar-refractivity contribution in [3.8, 4) is 0 Å². The van der Waals surface area contributed by atoms with Gasteiger partial charge in [-0.1, -0.05) is 0 Å². The third kappa shape index (κ3) is 4.07. The van der Waals surface area contributed by atoms with Crippen LogP contribution in [0.4, 0.5) is 0 Å². The second-order valence-corrected chi connectivity index (χ2v) is 3.41. The standard InChI is InChI=1S/C10H19NO3/c1-3-13-7-9(10(12)14-4-2)11-8-5-6-8/h8-9,11H,3-7H2,1-2H3. The summed E-state index contributed by atoms with van der Waals surface area (Å²) in [6, 6.07) is 0.201. The molecule has 0 spiro atoms. The molecule has 0 bridgehead atoms. The lowest BCUT2D eigenvalue weighted by Gasteiger charge is -2.16. The summed E-state index contributed by atoms with van der Waals surface area (Å²) in [5.74, 6) is -0.201. The summed E-state index contributed by atoms with van der Waals surface area (Å²) < 4.78 is 10.2. The van der Waals surface area contributed by atoms with Crippen molar-refractivity contribution in [1.82, 2.24) is 5.32 Å². The topological polar surface area (TPSA) is 47.6 Å². The van der Waals surface area contributed by atoms with Crippen molar-refractivity contribution in [2.75, 3.05) is 19.8 Å². The van der Waals surface area contributed by atoms with Crippen LogP contribution in [0.3, 0.4) is 0 Å². The maximum Gasteiger partial charge on any atom is 0.325 e. The third-order valence-corrected chi connectivity index (χ3v) is 2.07. The average Bonchev–Trinajstić information content (AvgIpc) is 2.96. The molecule has 1 aliphatic rings. The number of carbonyl (C=O) groups excluding carboxylic acids is 1. The molecule has 1 N–H and O–H groups in total. The molecule has 1 aliphatic carbocycles. The van der Waals surface area contributed by atoms with Gasteiger partial charge in [0.1, 0.15) is 6.04 Å². The molecule has 0 heterocycles. The summed E-state index contributed by atoms with van der Waals surface area (Å²) in [5, 5.41) is 3.21. The molecule has 4 heteroatoms. The van der Waals surface area contributed by atoms with Crippen LogP contribution < -0.4 is 5.32 Å². The average molecular weight is 201 g/mol. The lowest BCUT2D eigenvalue weighted by Crippen LogP contribution is -2.43. The molecular weight excluding hydrogens is 182 g/mol. The third-order valence-electron chi connectivity index (χ3n) is 2.07. The van der Waals surface area contributed by atoms with Gasteiger partial charge in [0.15, 0.2) is 0 Å². The fraction of sp³-hybridized carbons (Fsp3) is 0.900. The van der Waals surface area contributed by atoms with Gasteiger partial charge in [0.25, 0.3) is 0 Å². The van der Waals surface area contributed by atoms with Crippen LogP contribution in [0, 0.1) is 0 Å². The number of esters is 1. The van der Waals surface area contributed by atoms with E-state index < -0.39 is 0 Å². The maximum absolute atomic E-state index is 11.4. The second kappa shape index (κ2) is 5.98. The fourth-order valence-electron chi connectivity index (χ4n) is 1.20. The number of nitrogens with one attached hydrogen (secondary N) is 1. The van der Waals surface area contributed by atoms with E-state index in [1.165, 1.54) is 0 Å². The van der Waals surface area contributed by atoms with E-state index in [1.807, 2.05) is 13.8 Å². The SMILES string of the molecule is CCOCC(NC1CC1)C(=O)OCC. The summed E-state index contributed by atoms with van der Waals surface area (Å²) >= 11 is 0. The Morgan fingerprint density at radius 2 is 2.14 bits per heavy atom. The van der Waals surface area contributed by atoms with Crippen molar-refractivity contribution in [1.29, 1.82) is 0 Å². The molecule has 1 atom stereocenters. The number of ether oxygens (including phenoxy) is 2. The highest BCUT2D eigenvalue weighted by Gasteiger charge is 2.29. The number of rotatable bonds is 7. The molecule has 14 heavy (non-hydrogen) atoms. The van der Waals surface area contributed by atoms with Gasteiger partial charge in [-0.05, 0) is 26.7 Å². The van der Waals surface area contributed by atoms with Crippen molar-refractivity contribution in [3.05, 3.63) is 0 Å². The Bertz CT molecular complexity index is 180. The molecule has 0 amide bonds. The van der Waals surface area contributed by atoms with Gasteiger partial charge in [0, 0.05) is 12.6 Å². The Labute approximate surface area is 85.0 Å². The van der Waals surface area contributed by atoms with Crippen molar-refractivity contribution in [3.63, 3.8) is 0 Å². The molecule has 4 nitrogen and oxygen atoms in total. The second-order valence-electron chi connectivity index (χ2n) is 3.41. The van der Waals surface area contributed by atoms with Crippen molar-refractivity contribution in [2.24, 2.45) is 0 Å². The first-order valence-electron chi connectivity index (χ1n) is 5.28. The van der Waals surface area contributed by atoms with Crippen LogP contribution >= 0.6 is 0 Å². The predicted octanol–water partition coefficient (Wildman–Crippen LogP) is 0.707. The molecular formula is C10H19NO3. The molecule has 1 unspecified atom stereocenters. The first-order chi connectivity index (χ1) is 6.77. The zero-order valence-electron chi connectivity index (χ0n) is 8.91. The van der Waals surface area contributed by atoms with Gasteiger partial charge >= 0.3 is 5.97 Å². The van der Waals surface area contributed by atoms with Crippen LogP contribution in [-0.2, 0) is 14.3 Å². The fourth-order valence-corrected chi connectivity index (χ4v) is 1.20. The van der Waals surface area contributed by atoms with Gasteiger partial charge in [-0.15, -0.1) is 0 Å². The van der Waals surface area contributed by atoms with E-state index in [-0.39, 0.29) is 12.0 Å². The highest BCUT2D eigenvalue weighted by atomic mass is 16.5.